The van der Waals surface area contributed by atoms with Crippen LogP contribution >= 0.6 is 0 Å². The number of carboxylic acid groups (broad SMARTS) is 1. The molecule has 0 bridgehead atoms. The molecule has 0 aromatic heterocycles. The Bertz CT molecular complexity index is 1280. The molecule has 3 aromatic carbocycles. The van der Waals surface area contributed by atoms with Gasteiger partial charge in [-0.15, -0.1) is 0 Å². The molecular formula is C19H11N2O6S-. The van der Waals surface area contributed by atoms with Crippen molar-refractivity contribution in [2.24, 2.45) is 0 Å². The number of carboxylic acids is 1. The molecule has 0 saturated carbocycles. The quantitative estimate of drug-likeness (QED) is 0.631. The lowest BCUT2D eigenvalue weighted by Gasteiger charge is -2.18. The highest BCUT2D eigenvalue weighted by molar-refractivity contribution is 7.92. The van der Waals surface area contributed by atoms with Gasteiger partial charge in [0.05, 0.1) is 10.9 Å². The number of aromatic carboxylic acids is 1. The minimum atomic E-state index is -4.07. The summed E-state index contributed by atoms with van der Waals surface area (Å²) in [6.45, 7) is 0. The number of anilines is 1. The van der Waals surface area contributed by atoms with E-state index in [2.05, 4.69) is 10.0 Å². The van der Waals surface area contributed by atoms with E-state index in [0.29, 0.717) is 16.3 Å². The van der Waals surface area contributed by atoms with E-state index < -0.39 is 27.8 Å². The Morgan fingerprint density at radius 3 is 2.29 bits per heavy atom. The molecule has 0 unspecified atom stereocenters. The van der Waals surface area contributed by atoms with Crippen molar-refractivity contribution >= 4 is 44.3 Å². The van der Waals surface area contributed by atoms with Gasteiger partial charge in [0.1, 0.15) is 0 Å². The third-order valence-corrected chi connectivity index (χ3v) is 5.71. The predicted octanol–water partition coefficient (Wildman–Crippen LogP) is 0.888. The van der Waals surface area contributed by atoms with E-state index in [9.17, 15) is 27.9 Å². The molecule has 140 valence electrons. The van der Waals surface area contributed by atoms with Crippen molar-refractivity contribution in [1.29, 1.82) is 0 Å². The predicted molar refractivity (Wildman–Crippen MR) is 97.3 cm³/mol. The zero-order chi connectivity index (χ0) is 20.1. The van der Waals surface area contributed by atoms with Gasteiger partial charge >= 0.3 is 0 Å². The Hall–Kier alpha value is -3.72. The third-order valence-electron chi connectivity index (χ3n) is 4.35. The van der Waals surface area contributed by atoms with E-state index in [1.165, 1.54) is 36.4 Å². The molecule has 0 atom stereocenters. The fourth-order valence-corrected chi connectivity index (χ4v) is 4.17. The number of carbonyl (C=O) groups excluding carboxylic acids is 3. The highest BCUT2D eigenvalue weighted by atomic mass is 32.2. The van der Waals surface area contributed by atoms with Gasteiger partial charge in [0.15, 0.2) is 0 Å². The molecule has 9 heteroatoms. The zero-order valence-corrected chi connectivity index (χ0v) is 14.9. The molecule has 4 rings (SSSR count). The normalized spacial score (nSPS) is 13.3. The summed E-state index contributed by atoms with van der Waals surface area (Å²) in [5, 5.41) is 13.8. The second-order valence-electron chi connectivity index (χ2n) is 6.13. The van der Waals surface area contributed by atoms with Crippen molar-refractivity contribution in [1.82, 2.24) is 5.32 Å². The van der Waals surface area contributed by atoms with E-state index >= 15 is 0 Å². The number of hydrogen-bond acceptors (Lipinski definition) is 6. The number of nitrogens with one attached hydrogen (secondary N) is 2. The fourth-order valence-electron chi connectivity index (χ4n) is 3.05. The van der Waals surface area contributed by atoms with Gasteiger partial charge in [-0.3, -0.25) is 19.6 Å². The van der Waals surface area contributed by atoms with Crippen molar-refractivity contribution in [3.8, 4) is 0 Å². The molecule has 1 aliphatic rings. The molecule has 0 saturated heterocycles. The van der Waals surface area contributed by atoms with Crippen LogP contribution in [0, 0.1) is 0 Å². The van der Waals surface area contributed by atoms with Crippen molar-refractivity contribution in [2.45, 2.75) is 4.90 Å². The van der Waals surface area contributed by atoms with Crippen LogP contribution in [0.15, 0.2) is 59.5 Å². The van der Waals surface area contributed by atoms with Gasteiger partial charge in [-0.05, 0) is 41.3 Å². The topological polar surface area (TPSA) is 132 Å². The molecular weight excluding hydrogens is 384 g/mol. The Labute approximate surface area is 158 Å². The second kappa shape index (κ2) is 6.17. The van der Waals surface area contributed by atoms with Crippen LogP contribution < -0.4 is 15.1 Å². The summed E-state index contributed by atoms with van der Waals surface area (Å²) < 4.78 is 27.9. The first-order chi connectivity index (χ1) is 13.3. The molecule has 2 N–H and O–H groups in total. The number of hydrogen-bond donors (Lipinski definition) is 2. The number of benzene rings is 3. The number of imide groups is 1. The average molecular weight is 395 g/mol. The minimum absolute atomic E-state index is 0.0837. The van der Waals surface area contributed by atoms with Crippen LogP contribution in [0.1, 0.15) is 31.1 Å². The largest absolute Gasteiger partial charge is 0.545 e. The van der Waals surface area contributed by atoms with Crippen LogP contribution in [-0.2, 0) is 10.0 Å². The van der Waals surface area contributed by atoms with Gasteiger partial charge in [0.25, 0.3) is 21.8 Å². The molecule has 1 heterocycles. The van der Waals surface area contributed by atoms with Crippen LogP contribution in [0.2, 0.25) is 0 Å². The Kier molecular flexibility index (Phi) is 3.90. The van der Waals surface area contributed by atoms with E-state index in [0.717, 1.165) is 0 Å². The van der Waals surface area contributed by atoms with Crippen LogP contribution in [0.25, 0.3) is 10.8 Å². The summed E-state index contributed by atoms with van der Waals surface area (Å²) >= 11 is 0. The van der Waals surface area contributed by atoms with Gasteiger partial charge in [-0.25, -0.2) is 8.42 Å². The third kappa shape index (κ3) is 2.87. The molecule has 3 aromatic rings. The maximum Gasteiger partial charge on any atom is 0.261 e. The number of carbonyl (C=O) groups is 3. The number of sulfonamides is 1. The van der Waals surface area contributed by atoms with Crippen LogP contribution in [-0.4, -0.2) is 26.2 Å². The Morgan fingerprint density at radius 1 is 0.929 bits per heavy atom. The SMILES string of the molecule is O=C([O-])c1ccc(NS(=O)(=O)c2cc3c4c(cccc4c2)C(=O)NC3=O)cc1. The molecule has 0 spiro atoms. The first-order valence-corrected chi connectivity index (χ1v) is 9.51. The summed E-state index contributed by atoms with van der Waals surface area (Å²) in [4.78, 5) is 34.8. The second-order valence-corrected chi connectivity index (χ2v) is 7.81. The highest BCUT2D eigenvalue weighted by Gasteiger charge is 2.27. The van der Waals surface area contributed by atoms with E-state index in [1.54, 1.807) is 18.2 Å². The van der Waals surface area contributed by atoms with Gasteiger partial charge in [-0.2, -0.15) is 0 Å². The summed E-state index contributed by atoms with van der Waals surface area (Å²) in [7, 11) is -4.07. The minimum Gasteiger partial charge on any atom is -0.545 e. The van der Waals surface area contributed by atoms with Crippen LogP contribution in [0.3, 0.4) is 0 Å². The van der Waals surface area contributed by atoms with Gasteiger partial charge in [0, 0.05) is 22.2 Å². The lowest BCUT2D eigenvalue weighted by molar-refractivity contribution is -0.255. The van der Waals surface area contributed by atoms with E-state index in [-0.39, 0.29) is 21.7 Å². The van der Waals surface area contributed by atoms with Crippen molar-refractivity contribution in [3.63, 3.8) is 0 Å². The first kappa shape index (κ1) is 17.7. The molecule has 28 heavy (non-hydrogen) atoms. The molecule has 8 nitrogen and oxygen atoms in total. The van der Waals surface area contributed by atoms with Crippen LogP contribution in [0.4, 0.5) is 5.69 Å². The summed E-state index contributed by atoms with van der Waals surface area (Å²) in [5.41, 5.74) is 0.432. The van der Waals surface area contributed by atoms with E-state index in [4.69, 9.17) is 0 Å². The first-order valence-electron chi connectivity index (χ1n) is 8.03. The molecule has 0 fully saturated rings. The van der Waals surface area contributed by atoms with Gasteiger partial charge < -0.3 is 9.90 Å². The maximum absolute atomic E-state index is 12.8. The molecule has 0 radical (unpaired) electrons. The average Bonchev–Trinajstić information content (AvgIpc) is 2.65. The Balaban J connectivity index is 1.79. The molecule has 1 aliphatic heterocycles. The maximum atomic E-state index is 12.8. The summed E-state index contributed by atoms with van der Waals surface area (Å²) in [6.07, 6.45) is 0. The number of rotatable bonds is 4. The van der Waals surface area contributed by atoms with Gasteiger partial charge in [0.2, 0.25) is 0 Å². The Morgan fingerprint density at radius 2 is 1.61 bits per heavy atom. The monoisotopic (exact) mass is 395 g/mol. The van der Waals surface area contributed by atoms with Crippen molar-refractivity contribution < 1.29 is 27.9 Å². The summed E-state index contributed by atoms with van der Waals surface area (Å²) in [6, 6.07) is 12.3. The lowest BCUT2D eigenvalue weighted by Crippen LogP contribution is -2.34. The highest BCUT2D eigenvalue weighted by Crippen LogP contribution is 2.30. The van der Waals surface area contributed by atoms with Gasteiger partial charge in [-0.1, -0.05) is 24.3 Å². The smallest absolute Gasteiger partial charge is 0.261 e. The number of amides is 2. The standard InChI is InChI=1S/C19H12N2O6S/c22-17-14-3-1-2-11-8-13(9-15(16(11)14)18(23)20-17)28(26,27)21-12-6-4-10(5-7-12)19(24)25/h1-9,21H,(H,24,25)(H,20,22,23)/p-1. The molecule has 0 aliphatic carbocycles. The summed E-state index contributed by atoms with van der Waals surface area (Å²) in [5.74, 6) is -2.59. The van der Waals surface area contributed by atoms with Crippen LogP contribution in [0.5, 0.6) is 0 Å². The van der Waals surface area contributed by atoms with Crippen molar-refractivity contribution in [2.75, 3.05) is 4.72 Å². The molecule has 2 amide bonds. The van der Waals surface area contributed by atoms with E-state index in [1.807, 2.05) is 0 Å². The zero-order valence-electron chi connectivity index (χ0n) is 14.1. The fraction of sp³-hybridized carbons (Fsp3) is 0. The lowest BCUT2D eigenvalue weighted by atomic mass is 9.95. The van der Waals surface area contributed by atoms with Crippen molar-refractivity contribution in [3.05, 3.63) is 71.3 Å².